The number of hydrogen-bond acceptors (Lipinski definition) is 3. The van der Waals surface area contributed by atoms with Gasteiger partial charge in [-0.3, -0.25) is 0 Å². The van der Waals surface area contributed by atoms with Crippen molar-refractivity contribution in [1.82, 2.24) is 10.2 Å². The van der Waals surface area contributed by atoms with Crippen molar-refractivity contribution < 1.29 is 4.74 Å². The maximum atomic E-state index is 5.65. The second-order valence-corrected chi connectivity index (χ2v) is 6.89. The highest BCUT2D eigenvalue weighted by Gasteiger charge is 2.43. The molecule has 110 valence electrons. The van der Waals surface area contributed by atoms with Gasteiger partial charge >= 0.3 is 0 Å². The average Bonchev–Trinajstić information content (AvgIpc) is 2.98. The third-order valence-electron chi connectivity index (χ3n) is 5.75. The van der Waals surface area contributed by atoms with Crippen LogP contribution in [-0.2, 0) is 4.74 Å². The first-order chi connectivity index (χ1) is 9.29. The van der Waals surface area contributed by atoms with Gasteiger partial charge in [-0.2, -0.15) is 0 Å². The van der Waals surface area contributed by atoms with Crippen LogP contribution in [0.4, 0.5) is 0 Å². The summed E-state index contributed by atoms with van der Waals surface area (Å²) < 4.78 is 5.65. The van der Waals surface area contributed by atoms with Crippen LogP contribution in [-0.4, -0.2) is 49.8 Å². The van der Waals surface area contributed by atoms with Crippen LogP contribution in [0.15, 0.2) is 0 Å². The van der Waals surface area contributed by atoms with Crippen LogP contribution in [0.5, 0.6) is 0 Å². The lowest BCUT2D eigenvalue weighted by Gasteiger charge is -2.41. The molecular formula is C16H30N2O. The number of hydrogen-bond donors (Lipinski definition) is 1. The molecule has 0 amide bonds. The largest absolute Gasteiger partial charge is 0.381 e. The van der Waals surface area contributed by atoms with Gasteiger partial charge in [-0.25, -0.2) is 0 Å². The quantitative estimate of drug-likeness (QED) is 0.826. The van der Waals surface area contributed by atoms with Gasteiger partial charge in [0.2, 0.25) is 0 Å². The smallest absolute Gasteiger partial charge is 0.0510 e. The number of rotatable bonds is 5. The first kappa shape index (κ1) is 13.8. The first-order valence-corrected chi connectivity index (χ1v) is 8.32. The average molecular weight is 266 g/mol. The first-order valence-electron chi connectivity index (χ1n) is 8.32. The standard InChI is InChI=1S/C16H30N2O/c1-3-7-17-16(12-6-8-19-11-12)13-9-14-4-5-15(10-13)18(14)2/h12-17H,3-11H2,1-2H3. The number of fused-ring (bicyclic) bond motifs is 2. The third kappa shape index (κ3) is 2.84. The lowest BCUT2D eigenvalue weighted by atomic mass is 9.79. The summed E-state index contributed by atoms with van der Waals surface area (Å²) in [4.78, 5) is 2.65. The van der Waals surface area contributed by atoms with Gasteiger partial charge in [0.15, 0.2) is 0 Å². The molecule has 19 heavy (non-hydrogen) atoms. The molecule has 2 bridgehead atoms. The van der Waals surface area contributed by atoms with E-state index in [0.29, 0.717) is 6.04 Å². The van der Waals surface area contributed by atoms with Crippen LogP contribution in [0.25, 0.3) is 0 Å². The summed E-state index contributed by atoms with van der Waals surface area (Å²) in [5.74, 6) is 1.64. The Labute approximate surface area is 118 Å². The lowest BCUT2D eigenvalue weighted by Crippen LogP contribution is -2.50. The van der Waals surface area contributed by atoms with Gasteiger partial charge in [0, 0.05) is 30.7 Å². The molecule has 0 aliphatic carbocycles. The van der Waals surface area contributed by atoms with E-state index in [1.54, 1.807) is 0 Å². The number of piperidine rings is 1. The van der Waals surface area contributed by atoms with Gasteiger partial charge in [0.05, 0.1) is 6.61 Å². The van der Waals surface area contributed by atoms with Crippen molar-refractivity contribution in [2.24, 2.45) is 11.8 Å². The molecular weight excluding hydrogens is 236 g/mol. The molecule has 3 aliphatic rings. The van der Waals surface area contributed by atoms with Crippen LogP contribution in [0.2, 0.25) is 0 Å². The molecule has 3 nitrogen and oxygen atoms in total. The minimum absolute atomic E-state index is 0.708. The minimum Gasteiger partial charge on any atom is -0.381 e. The zero-order chi connectivity index (χ0) is 13.2. The van der Waals surface area contributed by atoms with Crippen molar-refractivity contribution in [3.8, 4) is 0 Å². The Bertz CT molecular complexity index is 276. The fourth-order valence-corrected chi connectivity index (χ4v) is 4.61. The Balaban J connectivity index is 1.65. The molecule has 0 aromatic carbocycles. The summed E-state index contributed by atoms with van der Waals surface area (Å²) in [6.07, 6.45) is 8.18. The summed E-state index contributed by atoms with van der Waals surface area (Å²) in [7, 11) is 2.34. The van der Waals surface area contributed by atoms with Crippen LogP contribution >= 0.6 is 0 Å². The summed E-state index contributed by atoms with van der Waals surface area (Å²) >= 11 is 0. The fraction of sp³-hybridized carbons (Fsp3) is 1.00. The Hall–Kier alpha value is -0.120. The van der Waals surface area contributed by atoms with Crippen molar-refractivity contribution in [2.75, 3.05) is 26.8 Å². The van der Waals surface area contributed by atoms with Crippen LogP contribution in [0, 0.1) is 11.8 Å². The van der Waals surface area contributed by atoms with Crippen LogP contribution in [0.3, 0.4) is 0 Å². The normalized spacial score (nSPS) is 40.7. The van der Waals surface area contributed by atoms with E-state index in [1.165, 1.54) is 45.1 Å². The van der Waals surface area contributed by atoms with Crippen LogP contribution in [0.1, 0.15) is 45.4 Å². The Morgan fingerprint density at radius 3 is 2.47 bits per heavy atom. The Morgan fingerprint density at radius 2 is 1.89 bits per heavy atom. The third-order valence-corrected chi connectivity index (χ3v) is 5.75. The number of nitrogens with zero attached hydrogens (tertiary/aromatic N) is 1. The van der Waals surface area contributed by atoms with Crippen molar-refractivity contribution in [1.29, 1.82) is 0 Å². The molecule has 3 saturated heterocycles. The van der Waals surface area contributed by atoms with Gasteiger partial charge in [0.1, 0.15) is 0 Å². The van der Waals surface area contributed by atoms with E-state index in [2.05, 4.69) is 24.2 Å². The van der Waals surface area contributed by atoms with Gasteiger partial charge in [-0.15, -0.1) is 0 Å². The highest BCUT2D eigenvalue weighted by molar-refractivity contribution is 4.98. The van der Waals surface area contributed by atoms with Crippen molar-refractivity contribution in [3.05, 3.63) is 0 Å². The van der Waals surface area contributed by atoms with E-state index in [4.69, 9.17) is 4.74 Å². The summed E-state index contributed by atoms with van der Waals surface area (Å²) in [6, 6.07) is 2.42. The van der Waals surface area contributed by atoms with E-state index < -0.39 is 0 Å². The summed E-state index contributed by atoms with van der Waals surface area (Å²) in [6.45, 7) is 5.41. The maximum Gasteiger partial charge on any atom is 0.0510 e. The molecule has 0 saturated carbocycles. The molecule has 3 heterocycles. The molecule has 0 radical (unpaired) electrons. The van der Waals surface area contributed by atoms with Crippen LogP contribution < -0.4 is 5.32 Å². The zero-order valence-corrected chi connectivity index (χ0v) is 12.6. The van der Waals surface area contributed by atoms with E-state index in [9.17, 15) is 0 Å². The minimum atomic E-state index is 0.708. The van der Waals surface area contributed by atoms with Gasteiger partial charge in [-0.05, 0) is 58.0 Å². The van der Waals surface area contributed by atoms with Crippen molar-refractivity contribution in [3.63, 3.8) is 0 Å². The topological polar surface area (TPSA) is 24.5 Å². The number of ether oxygens (including phenoxy) is 1. The highest BCUT2D eigenvalue weighted by atomic mass is 16.5. The molecule has 3 fully saturated rings. The maximum absolute atomic E-state index is 5.65. The van der Waals surface area contributed by atoms with Crippen molar-refractivity contribution in [2.45, 2.75) is 63.6 Å². The Morgan fingerprint density at radius 1 is 1.16 bits per heavy atom. The van der Waals surface area contributed by atoms with Gasteiger partial charge in [-0.1, -0.05) is 6.92 Å². The van der Waals surface area contributed by atoms with Gasteiger partial charge in [0.25, 0.3) is 0 Å². The molecule has 3 rings (SSSR count). The number of nitrogens with one attached hydrogen (secondary N) is 1. The monoisotopic (exact) mass is 266 g/mol. The van der Waals surface area contributed by atoms with E-state index in [1.807, 2.05) is 0 Å². The molecule has 0 spiro atoms. The fourth-order valence-electron chi connectivity index (χ4n) is 4.61. The molecule has 4 unspecified atom stereocenters. The molecule has 0 aromatic rings. The second kappa shape index (κ2) is 6.11. The molecule has 1 N–H and O–H groups in total. The lowest BCUT2D eigenvalue weighted by molar-refractivity contribution is 0.0893. The SMILES string of the molecule is CCCNC(C1CCOC1)C1CC2CCC(C1)N2C. The summed E-state index contributed by atoms with van der Waals surface area (Å²) in [5, 5.41) is 3.87. The predicted molar refractivity (Wildman–Crippen MR) is 78.3 cm³/mol. The molecule has 0 aromatic heterocycles. The van der Waals surface area contributed by atoms with E-state index in [0.717, 1.165) is 37.1 Å². The summed E-state index contributed by atoms with van der Waals surface area (Å²) in [5.41, 5.74) is 0. The molecule has 3 heteroatoms. The van der Waals surface area contributed by atoms with Gasteiger partial charge < -0.3 is 15.0 Å². The van der Waals surface area contributed by atoms with E-state index >= 15 is 0 Å². The van der Waals surface area contributed by atoms with Crippen molar-refractivity contribution >= 4 is 0 Å². The molecule has 4 atom stereocenters. The molecule has 3 aliphatic heterocycles. The Kier molecular flexibility index (Phi) is 4.45. The second-order valence-electron chi connectivity index (χ2n) is 6.89. The zero-order valence-electron chi connectivity index (χ0n) is 12.6. The van der Waals surface area contributed by atoms with E-state index in [-0.39, 0.29) is 0 Å². The predicted octanol–water partition coefficient (Wildman–Crippen LogP) is 2.26. The highest BCUT2D eigenvalue weighted by Crippen LogP contribution is 2.40.